The number of anilines is 1. The lowest BCUT2D eigenvalue weighted by Crippen LogP contribution is -2.40. The minimum absolute atomic E-state index is 0.0787. The second-order valence-electron chi connectivity index (χ2n) is 6.81. The van der Waals surface area contributed by atoms with Gasteiger partial charge in [-0.3, -0.25) is 4.79 Å². The molecule has 1 amide bonds. The van der Waals surface area contributed by atoms with Crippen LogP contribution in [0.25, 0.3) is 0 Å². The monoisotopic (exact) mass is 356 g/mol. The summed E-state index contributed by atoms with van der Waals surface area (Å²) in [4.78, 5) is 14.4. The van der Waals surface area contributed by atoms with Gasteiger partial charge < -0.3 is 10.2 Å². The largest absolute Gasteiger partial charge is 0.391 e. The van der Waals surface area contributed by atoms with Crippen molar-refractivity contribution in [2.45, 2.75) is 45.7 Å². The summed E-state index contributed by atoms with van der Waals surface area (Å²) in [5.74, 6) is -2.10. The molecule has 1 aliphatic carbocycles. The number of amides is 1. The van der Waals surface area contributed by atoms with E-state index >= 15 is 0 Å². The van der Waals surface area contributed by atoms with Crippen LogP contribution in [0.5, 0.6) is 0 Å². The highest BCUT2D eigenvalue weighted by Crippen LogP contribution is 2.39. The summed E-state index contributed by atoms with van der Waals surface area (Å²) >= 11 is 0. The van der Waals surface area contributed by atoms with E-state index in [1.54, 1.807) is 0 Å². The first-order valence-corrected chi connectivity index (χ1v) is 8.97. The standard InChI is InChI=1S/C19H27F3N2O/c1-3-24(17-9-4-6-14(2)12-17)11-10-23-18(25)15-7-5-8-16(13-15)19(20,21)22/h4,6,9,12,15-16H,3,5,7-8,10-11,13H2,1-2H3,(H,23,25). The van der Waals surface area contributed by atoms with Crippen LogP contribution in [0.4, 0.5) is 18.9 Å². The lowest BCUT2D eigenvalue weighted by atomic mass is 9.80. The van der Waals surface area contributed by atoms with Crippen molar-refractivity contribution in [2.75, 3.05) is 24.5 Å². The molecule has 25 heavy (non-hydrogen) atoms. The van der Waals surface area contributed by atoms with Gasteiger partial charge in [-0.2, -0.15) is 13.2 Å². The van der Waals surface area contributed by atoms with Crippen molar-refractivity contribution in [3.63, 3.8) is 0 Å². The van der Waals surface area contributed by atoms with Gasteiger partial charge in [-0.25, -0.2) is 0 Å². The fraction of sp³-hybridized carbons (Fsp3) is 0.632. The first kappa shape index (κ1) is 19.6. The maximum Gasteiger partial charge on any atom is 0.391 e. The number of nitrogens with zero attached hydrogens (tertiary/aromatic N) is 1. The minimum atomic E-state index is -4.19. The van der Waals surface area contributed by atoms with Gasteiger partial charge in [0.1, 0.15) is 0 Å². The highest BCUT2D eigenvalue weighted by atomic mass is 19.4. The lowest BCUT2D eigenvalue weighted by Gasteiger charge is -2.30. The maximum absolute atomic E-state index is 12.9. The van der Waals surface area contributed by atoms with E-state index in [1.807, 2.05) is 32.0 Å². The Kier molecular flexibility index (Phi) is 6.73. The van der Waals surface area contributed by atoms with Crippen LogP contribution in [-0.4, -0.2) is 31.7 Å². The Morgan fingerprint density at radius 2 is 2.08 bits per heavy atom. The Hall–Kier alpha value is -1.72. The van der Waals surface area contributed by atoms with Gasteiger partial charge in [0.25, 0.3) is 0 Å². The van der Waals surface area contributed by atoms with Crippen LogP contribution in [0.2, 0.25) is 0 Å². The number of likely N-dealkylation sites (N-methyl/N-ethyl adjacent to an activating group) is 1. The molecule has 2 atom stereocenters. The molecule has 1 aliphatic rings. The van der Waals surface area contributed by atoms with E-state index in [2.05, 4.69) is 16.3 Å². The lowest BCUT2D eigenvalue weighted by molar-refractivity contribution is -0.186. The molecule has 0 bridgehead atoms. The fourth-order valence-electron chi connectivity index (χ4n) is 3.48. The first-order chi connectivity index (χ1) is 11.8. The van der Waals surface area contributed by atoms with Crippen molar-refractivity contribution in [3.8, 4) is 0 Å². The third kappa shape index (κ3) is 5.65. The molecule has 0 spiro atoms. The zero-order valence-electron chi connectivity index (χ0n) is 14.9. The summed E-state index contributed by atoms with van der Waals surface area (Å²) in [7, 11) is 0. The van der Waals surface area contributed by atoms with E-state index in [4.69, 9.17) is 0 Å². The smallest absolute Gasteiger partial charge is 0.370 e. The van der Waals surface area contributed by atoms with Crippen LogP contribution in [0.1, 0.15) is 38.2 Å². The molecule has 6 heteroatoms. The summed E-state index contributed by atoms with van der Waals surface area (Å²) in [5, 5.41) is 2.83. The number of benzene rings is 1. The number of alkyl halides is 3. The molecule has 0 saturated heterocycles. The zero-order chi connectivity index (χ0) is 18.4. The van der Waals surface area contributed by atoms with Gasteiger partial charge in [0.05, 0.1) is 5.92 Å². The van der Waals surface area contributed by atoms with E-state index in [1.165, 1.54) is 5.56 Å². The molecule has 1 N–H and O–H groups in total. The third-order valence-corrected chi connectivity index (χ3v) is 4.94. The van der Waals surface area contributed by atoms with Gasteiger partial charge in [0, 0.05) is 31.2 Å². The molecular weight excluding hydrogens is 329 g/mol. The Morgan fingerprint density at radius 3 is 2.72 bits per heavy atom. The average Bonchev–Trinajstić information content (AvgIpc) is 2.58. The van der Waals surface area contributed by atoms with Gasteiger partial charge >= 0.3 is 6.18 Å². The van der Waals surface area contributed by atoms with Gasteiger partial charge in [-0.1, -0.05) is 18.6 Å². The van der Waals surface area contributed by atoms with E-state index in [0.717, 1.165) is 12.2 Å². The zero-order valence-corrected chi connectivity index (χ0v) is 14.9. The van der Waals surface area contributed by atoms with E-state index in [0.29, 0.717) is 25.9 Å². The molecule has 1 fully saturated rings. The van der Waals surface area contributed by atoms with E-state index in [9.17, 15) is 18.0 Å². The quantitative estimate of drug-likeness (QED) is 0.824. The molecule has 0 radical (unpaired) electrons. The summed E-state index contributed by atoms with van der Waals surface area (Å²) in [6.45, 7) is 5.95. The summed E-state index contributed by atoms with van der Waals surface area (Å²) in [5.41, 5.74) is 2.26. The van der Waals surface area contributed by atoms with Crippen molar-refractivity contribution < 1.29 is 18.0 Å². The van der Waals surface area contributed by atoms with E-state index in [-0.39, 0.29) is 18.7 Å². The summed E-state index contributed by atoms with van der Waals surface area (Å²) < 4.78 is 38.6. The van der Waals surface area contributed by atoms with Crippen LogP contribution < -0.4 is 10.2 Å². The second kappa shape index (κ2) is 8.59. The molecular formula is C19H27F3N2O. The average molecular weight is 356 g/mol. The molecule has 3 nitrogen and oxygen atoms in total. The third-order valence-electron chi connectivity index (χ3n) is 4.94. The predicted octanol–water partition coefficient (Wildman–Crippen LogP) is 4.31. The number of hydrogen-bond acceptors (Lipinski definition) is 2. The molecule has 0 aliphatic heterocycles. The summed E-state index contributed by atoms with van der Waals surface area (Å²) in [6, 6.07) is 8.12. The van der Waals surface area contributed by atoms with Crippen LogP contribution in [0.15, 0.2) is 24.3 Å². The normalized spacial score (nSPS) is 21.0. The Bertz CT molecular complexity index is 574. The summed E-state index contributed by atoms with van der Waals surface area (Å²) in [6.07, 6.45) is -3.11. The molecule has 0 aromatic heterocycles. The highest BCUT2D eigenvalue weighted by molar-refractivity contribution is 5.78. The number of rotatable bonds is 6. The Labute approximate surface area is 147 Å². The molecule has 1 saturated carbocycles. The highest BCUT2D eigenvalue weighted by Gasteiger charge is 2.43. The minimum Gasteiger partial charge on any atom is -0.370 e. The number of carbonyl (C=O) groups excluding carboxylic acids is 1. The number of carbonyl (C=O) groups is 1. The number of aryl methyl sites for hydroxylation is 1. The van der Waals surface area contributed by atoms with Crippen LogP contribution >= 0.6 is 0 Å². The van der Waals surface area contributed by atoms with E-state index < -0.39 is 18.0 Å². The topological polar surface area (TPSA) is 32.3 Å². The number of hydrogen-bond donors (Lipinski definition) is 1. The van der Waals surface area contributed by atoms with Crippen molar-refractivity contribution in [2.24, 2.45) is 11.8 Å². The molecule has 1 aromatic carbocycles. The number of nitrogens with one attached hydrogen (secondary N) is 1. The molecule has 2 rings (SSSR count). The van der Waals surface area contributed by atoms with Crippen molar-refractivity contribution in [1.29, 1.82) is 0 Å². The fourth-order valence-corrected chi connectivity index (χ4v) is 3.48. The van der Waals surface area contributed by atoms with Crippen LogP contribution in [0, 0.1) is 18.8 Å². The Morgan fingerprint density at radius 1 is 1.32 bits per heavy atom. The van der Waals surface area contributed by atoms with Crippen molar-refractivity contribution in [1.82, 2.24) is 5.32 Å². The first-order valence-electron chi connectivity index (χ1n) is 8.97. The maximum atomic E-state index is 12.9. The Balaban J connectivity index is 1.83. The van der Waals surface area contributed by atoms with Gasteiger partial charge in [0.2, 0.25) is 5.91 Å². The van der Waals surface area contributed by atoms with Gasteiger partial charge in [-0.15, -0.1) is 0 Å². The molecule has 140 valence electrons. The van der Waals surface area contributed by atoms with Gasteiger partial charge in [0.15, 0.2) is 0 Å². The predicted molar refractivity (Wildman–Crippen MR) is 93.6 cm³/mol. The van der Waals surface area contributed by atoms with Crippen molar-refractivity contribution in [3.05, 3.63) is 29.8 Å². The van der Waals surface area contributed by atoms with Crippen molar-refractivity contribution >= 4 is 11.6 Å². The molecule has 0 heterocycles. The van der Waals surface area contributed by atoms with Crippen LogP contribution in [-0.2, 0) is 4.79 Å². The van der Waals surface area contributed by atoms with Gasteiger partial charge in [-0.05, 0) is 50.8 Å². The number of halogens is 3. The second-order valence-corrected chi connectivity index (χ2v) is 6.81. The van der Waals surface area contributed by atoms with Crippen LogP contribution in [0.3, 0.4) is 0 Å². The molecule has 1 aromatic rings. The molecule has 2 unspecified atom stereocenters. The SMILES string of the molecule is CCN(CCNC(=O)C1CCCC(C(F)(F)F)C1)c1cccc(C)c1.